The van der Waals surface area contributed by atoms with E-state index in [0.29, 0.717) is 0 Å². The SMILES string of the molecule is CC(N)C1(c2ccc(-c3nccn3C)cc2)CC1. The van der Waals surface area contributed by atoms with Crippen LogP contribution in [0.3, 0.4) is 0 Å². The van der Waals surface area contributed by atoms with Crippen molar-refractivity contribution in [2.45, 2.75) is 31.2 Å². The number of nitrogens with zero attached hydrogens (tertiary/aromatic N) is 2. The summed E-state index contributed by atoms with van der Waals surface area (Å²) in [4.78, 5) is 4.37. The average molecular weight is 241 g/mol. The van der Waals surface area contributed by atoms with Gasteiger partial charge in [-0.25, -0.2) is 4.98 Å². The molecule has 0 amide bonds. The molecule has 1 aliphatic carbocycles. The maximum Gasteiger partial charge on any atom is 0.139 e. The first kappa shape index (κ1) is 11.5. The van der Waals surface area contributed by atoms with Crippen molar-refractivity contribution < 1.29 is 0 Å². The maximum absolute atomic E-state index is 6.11. The Morgan fingerprint density at radius 2 is 1.94 bits per heavy atom. The molecule has 2 N–H and O–H groups in total. The van der Waals surface area contributed by atoms with Crippen molar-refractivity contribution in [2.75, 3.05) is 0 Å². The van der Waals surface area contributed by atoms with E-state index in [2.05, 4.69) is 36.2 Å². The number of benzene rings is 1. The molecule has 94 valence electrons. The van der Waals surface area contributed by atoms with Crippen LogP contribution in [0.1, 0.15) is 25.3 Å². The van der Waals surface area contributed by atoms with Gasteiger partial charge in [-0.15, -0.1) is 0 Å². The van der Waals surface area contributed by atoms with Gasteiger partial charge in [-0.3, -0.25) is 0 Å². The van der Waals surface area contributed by atoms with Gasteiger partial charge in [-0.1, -0.05) is 24.3 Å². The molecular formula is C15H19N3. The molecule has 1 saturated carbocycles. The van der Waals surface area contributed by atoms with Gasteiger partial charge >= 0.3 is 0 Å². The highest BCUT2D eigenvalue weighted by Gasteiger charge is 2.47. The Morgan fingerprint density at radius 1 is 1.28 bits per heavy atom. The quantitative estimate of drug-likeness (QED) is 0.897. The van der Waals surface area contributed by atoms with E-state index in [-0.39, 0.29) is 11.5 Å². The van der Waals surface area contributed by atoms with Crippen molar-refractivity contribution >= 4 is 0 Å². The Bertz CT molecular complexity index is 547. The Labute approximate surface area is 108 Å². The predicted molar refractivity (Wildman–Crippen MR) is 73.2 cm³/mol. The molecule has 0 bridgehead atoms. The number of aryl methyl sites for hydroxylation is 1. The third-order valence-corrected chi connectivity index (χ3v) is 4.20. The van der Waals surface area contributed by atoms with Crippen LogP contribution < -0.4 is 5.73 Å². The van der Waals surface area contributed by atoms with Crippen LogP contribution in [-0.2, 0) is 12.5 Å². The minimum atomic E-state index is 0.233. The monoisotopic (exact) mass is 241 g/mol. The number of imidazole rings is 1. The molecule has 0 saturated heterocycles. The molecule has 3 nitrogen and oxygen atoms in total. The predicted octanol–water partition coefficient (Wildman–Crippen LogP) is 2.47. The van der Waals surface area contributed by atoms with Gasteiger partial charge in [0.25, 0.3) is 0 Å². The average Bonchev–Trinajstić information content (AvgIpc) is 3.08. The van der Waals surface area contributed by atoms with Gasteiger partial charge in [0.2, 0.25) is 0 Å². The van der Waals surface area contributed by atoms with Gasteiger partial charge in [0.05, 0.1) is 0 Å². The zero-order valence-electron chi connectivity index (χ0n) is 10.9. The van der Waals surface area contributed by atoms with Crippen LogP contribution in [0.4, 0.5) is 0 Å². The molecule has 1 aromatic carbocycles. The molecule has 1 unspecified atom stereocenters. The highest BCUT2D eigenvalue weighted by atomic mass is 15.0. The van der Waals surface area contributed by atoms with Gasteiger partial charge in [0.1, 0.15) is 5.82 Å². The van der Waals surface area contributed by atoms with E-state index in [1.807, 2.05) is 24.0 Å². The largest absolute Gasteiger partial charge is 0.334 e. The summed E-state index contributed by atoms with van der Waals surface area (Å²) in [6, 6.07) is 8.96. The summed E-state index contributed by atoms with van der Waals surface area (Å²) in [5, 5.41) is 0. The molecular weight excluding hydrogens is 222 g/mol. The van der Waals surface area contributed by atoms with Gasteiger partial charge in [-0.2, -0.15) is 0 Å². The molecule has 18 heavy (non-hydrogen) atoms. The maximum atomic E-state index is 6.11. The summed E-state index contributed by atoms with van der Waals surface area (Å²) in [7, 11) is 2.01. The molecule has 1 aromatic heterocycles. The second kappa shape index (κ2) is 3.95. The fourth-order valence-corrected chi connectivity index (χ4v) is 2.74. The molecule has 2 aromatic rings. The minimum absolute atomic E-state index is 0.233. The van der Waals surface area contributed by atoms with E-state index in [9.17, 15) is 0 Å². The lowest BCUT2D eigenvalue weighted by Gasteiger charge is -2.20. The lowest BCUT2D eigenvalue weighted by molar-refractivity contribution is 0.557. The molecule has 3 rings (SSSR count). The summed E-state index contributed by atoms with van der Waals surface area (Å²) in [5.74, 6) is 1.01. The standard InChI is InChI=1S/C15H19N3/c1-11(16)15(7-8-15)13-5-3-12(4-6-13)14-17-9-10-18(14)2/h3-6,9-11H,7-8,16H2,1-2H3. The van der Waals surface area contributed by atoms with E-state index >= 15 is 0 Å². The van der Waals surface area contributed by atoms with Crippen molar-refractivity contribution in [1.82, 2.24) is 9.55 Å². The van der Waals surface area contributed by atoms with Crippen molar-refractivity contribution in [1.29, 1.82) is 0 Å². The Morgan fingerprint density at radius 3 is 2.39 bits per heavy atom. The Balaban J connectivity index is 1.93. The molecule has 3 heteroatoms. The normalized spacial score (nSPS) is 18.6. The molecule has 0 radical (unpaired) electrons. The smallest absolute Gasteiger partial charge is 0.139 e. The molecule has 1 atom stereocenters. The molecule has 1 fully saturated rings. The van der Waals surface area contributed by atoms with Crippen molar-refractivity contribution in [3.63, 3.8) is 0 Å². The topological polar surface area (TPSA) is 43.8 Å². The fraction of sp³-hybridized carbons (Fsp3) is 0.400. The lowest BCUT2D eigenvalue weighted by Crippen LogP contribution is -2.31. The van der Waals surface area contributed by atoms with E-state index < -0.39 is 0 Å². The highest BCUT2D eigenvalue weighted by molar-refractivity contribution is 5.57. The first-order valence-corrected chi connectivity index (χ1v) is 6.47. The number of hydrogen-bond acceptors (Lipinski definition) is 2. The van der Waals surface area contributed by atoms with Crippen LogP contribution in [0.15, 0.2) is 36.7 Å². The van der Waals surface area contributed by atoms with Gasteiger partial charge in [0, 0.05) is 36.5 Å². The number of aromatic nitrogens is 2. The third kappa shape index (κ3) is 1.66. The number of nitrogens with two attached hydrogens (primary N) is 1. The molecule has 1 aliphatic rings. The number of hydrogen-bond donors (Lipinski definition) is 1. The van der Waals surface area contributed by atoms with E-state index in [0.717, 1.165) is 11.4 Å². The summed E-state index contributed by atoms with van der Waals surface area (Å²) in [6.45, 7) is 2.11. The second-order valence-corrected chi connectivity index (χ2v) is 5.38. The van der Waals surface area contributed by atoms with Crippen LogP contribution >= 0.6 is 0 Å². The molecule has 0 spiro atoms. The Kier molecular flexibility index (Phi) is 2.52. The van der Waals surface area contributed by atoms with Crippen LogP contribution in [0.5, 0.6) is 0 Å². The van der Waals surface area contributed by atoms with Gasteiger partial charge in [0.15, 0.2) is 0 Å². The van der Waals surface area contributed by atoms with Crippen LogP contribution in [-0.4, -0.2) is 15.6 Å². The Hall–Kier alpha value is -1.61. The third-order valence-electron chi connectivity index (χ3n) is 4.20. The van der Waals surface area contributed by atoms with Crippen molar-refractivity contribution in [3.05, 3.63) is 42.2 Å². The van der Waals surface area contributed by atoms with Crippen LogP contribution in [0.25, 0.3) is 11.4 Å². The summed E-state index contributed by atoms with van der Waals surface area (Å²) < 4.78 is 2.04. The first-order valence-electron chi connectivity index (χ1n) is 6.47. The van der Waals surface area contributed by atoms with E-state index in [1.165, 1.54) is 18.4 Å². The summed E-state index contributed by atoms with van der Waals surface area (Å²) in [5.41, 5.74) is 8.87. The summed E-state index contributed by atoms with van der Waals surface area (Å²) in [6.07, 6.45) is 6.22. The van der Waals surface area contributed by atoms with Crippen molar-refractivity contribution in [3.8, 4) is 11.4 Å². The lowest BCUT2D eigenvalue weighted by atomic mass is 9.89. The summed E-state index contributed by atoms with van der Waals surface area (Å²) >= 11 is 0. The zero-order chi connectivity index (χ0) is 12.8. The van der Waals surface area contributed by atoms with Crippen LogP contribution in [0.2, 0.25) is 0 Å². The van der Waals surface area contributed by atoms with E-state index in [1.54, 1.807) is 0 Å². The minimum Gasteiger partial charge on any atom is -0.334 e. The fourth-order valence-electron chi connectivity index (χ4n) is 2.74. The van der Waals surface area contributed by atoms with E-state index in [4.69, 9.17) is 5.73 Å². The molecule has 0 aliphatic heterocycles. The highest BCUT2D eigenvalue weighted by Crippen LogP contribution is 2.50. The van der Waals surface area contributed by atoms with Gasteiger partial charge < -0.3 is 10.3 Å². The molecule has 1 heterocycles. The second-order valence-electron chi connectivity index (χ2n) is 5.38. The van der Waals surface area contributed by atoms with Crippen molar-refractivity contribution in [2.24, 2.45) is 12.8 Å². The zero-order valence-corrected chi connectivity index (χ0v) is 10.9. The van der Waals surface area contributed by atoms with Gasteiger partial charge in [-0.05, 0) is 25.3 Å². The van der Waals surface area contributed by atoms with Crippen LogP contribution in [0, 0.1) is 0 Å². The number of rotatable bonds is 3. The first-order chi connectivity index (χ1) is 8.63.